The fourth-order valence-corrected chi connectivity index (χ4v) is 8.24. The molecule has 0 radical (unpaired) electrons. The van der Waals surface area contributed by atoms with Gasteiger partial charge in [0.1, 0.15) is 5.75 Å². The van der Waals surface area contributed by atoms with E-state index < -0.39 is 64.7 Å². The van der Waals surface area contributed by atoms with E-state index in [0.717, 1.165) is 12.7 Å². The van der Waals surface area contributed by atoms with Crippen LogP contribution in [0.4, 0.5) is 10.5 Å². The van der Waals surface area contributed by atoms with Crippen LogP contribution < -0.4 is 4.90 Å². The van der Waals surface area contributed by atoms with Gasteiger partial charge in [-0.2, -0.15) is 4.90 Å². The van der Waals surface area contributed by atoms with E-state index in [-0.39, 0.29) is 18.6 Å². The molecule has 3 aromatic rings. The Kier molecular flexibility index (Phi) is 6.48. The number of hydrogen-bond donors (Lipinski definition) is 1. The number of phenolic OH excluding ortho intramolecular Hbond substituents is 1. The molecule has 5 amide bonds. The van der Waals surface area contributed by atoms with Gasteiger partial charge in [-0.05, 0) is 60.2 Å². The van der Waals surface area contributed by atoms with Crippen molar-refractivity contribution in [3.05, 3.63) is 107 Å². The van der Waals surface area contributed by atoms with Crippen LogP contribution in [0.1, 0.15) is 29.9 Å². The number of allylic oxidation sites excluding steroid dienone is 2. The van der Waals surface area contributed by atoms with Crippen LogP contribution in [0.15, 0.2) is 90.5 Å². The Morgan fingerprint density at radius 1 is 0.909 bits per heavy atom. The molecule has 2 aliphatic heterocycles. The van der Waals surface area contributed by atoms with Crippen molar-refractivity contribution in [1.29, 1.82) is 0 Å². The SMILES string of the molecule is COC(=O)N1C(=O)C2CC=C3C(CC4C(=O)N(c5cccc(Cl)c5)C(=O)C4(c4ccccc4)C3c3ccc(O)cc3)C2C1=O. The number of hydrogen-bond acceptors (Lipinski definition) is 7. The van der Waals surface area contributed by atoms with Gasteiger partial charge in [0.25, 0.3) is 0 Å². The number of halogens is 1. The second kappa shape index (κ2) is 10.2. The van der Waals surface area contributed by atoms with Crippen LogP contribution in [-0.2, 0) is 29.3 Å². The molecule has 3 fully saturated rings. The molecule has 1 saturated carbocycles. The fourth-order valence-electron chi connectivity index (χ4n) is 8.06. The monoisotopic (exact) mass is 610 g/mol. The number of nitrogens with zero attached hydrogens (tertiary/aromatic N) is 2. The van der Waals surface area contributed by atoms with E-state index in [0.29, 0.717) is 26.7 Å². The third-order valence-electron chi connectivity index (χ3n) is 9.75. The van der Waals surface area contributed by atoms with Gasteiger partial charge in [-0.15, -0.1) is 0 Å². The van der Waals surface area contributed by atoms with E-state index in [4.69, 9.17) is 16.3 Å². The largest absolute Gasteiger partial charge is 0.508 e. The van der Waals surface area contributed by atoms with Gasteiger partial charge < -0.3 is 9.84 Å². The zero-order valence-corrected chi connectivity index (χ0v) is 24.3. The summed E-state index contributed by atoms with van der Waals surface area (Å²) in [5.74, 6) is -6.09. The van der Waals surface area contributed by atoms with Crippen LogP contribution >= 0.6 is 11.6 Å². The number of carbonyl (C=O) groups is 5. The van der Waals surface area contributed by atoms with Gasteiger partial charge in [-0.3, -0.25) is 19.2 Å². The standard InChI is InChI=1S/C34H27ClN2O7/c1-44-33(43)37-29(39)24-15-14-23-25(27(24)31(37)41)17-26-30(40)36(21-9-5-8-20(35)16-21)32(42)34(26,19-6-3-2-4-7-19)28(23)18-10-12-22(38)13-11-18/h2-14,16,24-28,38H,15,17H2,1H3. The average Bonchev–Trinajstić information content (AvgIpc) is 3.42. The van der Waals surface area contributed by atoms with Crippen molar-refractivity contribution in [2.75, 3.05) is 12.0 Å². The Balaban J connectivity index is 1.48. The van der Waals surface area contributed by atoms with Gasteiger partial charge in [0.05, 0.1) is 36.0 Å². The van der Waals surface area contributed by atoms with Crippen molar-refractivity contribution >= 4 is 47.0 Å². The smallest absolute Gasteiger partial charge is 0.423 e. The van der Waals surface area contributed by atoms with Crippen LogP contribution in [0, 0.1) is 23.7 Å². The number of benzene rings is 3. The van der Waals surface area contributed by atoms with Crippen molar-refractivity contribution < 1.29 is 33.8 Å². The number of aromatic hydroxyl groups is 1. The lowest BCUT2D eigenvalue weighted by Gasteiger charge is -2.50. The minimum absolute atomic E-state index is 0.0313. The van der Waals surface area contributed by atoms with Crippen molar-refractivity contribution in [2.45, 2.75) is 24.2 Å². The summed E-state index contributed by atoms with van der Waals surface area (Å²) >= 11 is 6.31. The van der Waals surface area contributed by atoms with Gasteiger partial charge in [-0.1, -0.05) is 71.8 Å². The predicted molar refractivity (Wildman–Crippen MR) is 158 cm³/mol. The molecule has 44 heavy (non-hydrogen) atoms. The molecule has 0 aromatic heterocycles. The van der Waals surface area contributed by atoms with Crippen LogP contribution in [-0.4, -0.2) is 46.8 Å². The summed E-state index contributed by atoms with van der Waals surface area (Å²) in [6.45, 7) is 0. The zero-order chi connectivity index (χ0) is 30.9. The minimum atomic E-state index is -1.42. The Hall–Kier alpha value is -4.76. The van der Waals surface area contributed by atoms with Crippen LogP contribution in [0.25, 0.3) is 0 Å². The molecule has 2 heterocycles. The predicted octanol–water partition coefficient (Wildman–Crippen LogP) is 4.97. The minimum Gasteiger partial charge on any atom is -0.508 e. The lowest BCUT2D eigenvalue weighted by molar-refractivity contribution is -0.138. The summed E-state index contributed by atoms with van der Waals surface area (Å²) in [5.41, 5.74) is 0.971. The van der Waals surface area contributed by atoms with Crippen LogP contribution in [0.3, 0.4) is 0 Å². The summed E-state index contributed by atoms with van der Waals surface area (Å²) in [5, 5.41) is 10.5. The molecule has 10 heteroatoms. The van der Waals surface area contributed by atoms with Gasteiger partial charge in [0.15, 0.2) is 0 Å². The highest BCUT2D eigenvalue weighted by Gasteiger charge is 2.70. The first-order valence-corrected chi connectivity index (χ1v) is 14.7. The normalized spacial score (nSPS) is 29.2. The zero-order valence-electron chi connectivity index (χ0n) is 23.6. The van der Waals surface area contributed by atoms with E-state index in [2.05, 4.69) is 0 Å². The third-order valence-corrected chi connectivity index (χ3v) is 9.99. The van der Waals surface area contributed by atoms with Gasteiger partial charge in [-0.25, -0.2) is 9.69 Å². The number of rotatable bonds is 3. The molecule has 6 unspecified atom stereocenters. The molecule has 222 valence electrons. The summed E-state index contributed by atoms with van der Waals surface area (Å²) < 4.78 is 4.75. The molecule has 3 aromatic carbocycles. The first kappa shape index (κ1) is 28.0. The molecule has 9 nitrogen and oxygen atoms in total. The number of amides is 5. The van der Waals surface area contributed by atoms with Crippen LogP contribution in [0.2, 0.25) is 5.02 Å². The number of ether oxygens (including phenoxy) is 1. The Morgan fingerprint density at radius 2 is 1.64 bits per heavy atom. The maximum atomic E-state index is 15.0. The molecule has 0 bridgehead atoms. The maximum Gasteiger partial charge on any atom is 0.423 e. The van der Waals surface area contributed by atoms with Crippen molar-refractivity contribution in [3.8, 4) is 5.75 Å². The Bertz CT molecular complexity index is 1770. The molecule has 2 saturated heterocycles. The number of carbonyl (C=O) groups excluding carboxylic acids is 5. The van der Waals surface area contributed by atoms with Gasteiger partial charge in [0.2, 0.25) is 23.6 Å². The Morgan fingerprint density at radius 3 is 2.32 bits per heavy atom. The highest BCUT2D eigenvalue weighted by molar-refractivity contribution is 6.32. The highest BCUT2D eigenvalue weighted by atomic mass is 35.5. The second-order valence-electron chi connectivity index (χ2n) is 11.7. The van der Waals surface area contributed by atoms with E-state index in [1.165, 1.54) is 17.0 Å². The molecular formula is C34H27ClN2O7. The van der Waals surface area contributed by atoms with E-state index >= 15 is 4.79 Å². The van der Waals surface area contributed by atoms with Crippen molar-refractivity contribution in [3.63, 3.8) is 0 Å². The van der Waals surface area contributed by atoms with E-state index in [9.17, 15) is 24.3 Å². The molecule has 4 aliphatic rings. The van der Waals surface area contributed by atoms with E-state index in [1.54, 1.807) is 36.4 Å². The maximum absolute atomic E-state index is 15.0. The summed E-state index contributed by atoms with van der Waals surface area (Å²) in [6.07, 6.45) is 1.14. The van der Waals surface area contributed by atoms with Crippen molar-refractivity contribution in [1.82, 2.24) is 4.90 Å². The number of methoxy groups -OCH3 is 1. The molecule has 1 N–H and O–H groups in total. The molecule has 7 rings (SSSR count). The molecule has 0 spiro atoms. The fraction of sp³-hybridized carbons (Fsp3) is 0.265. The van der Waals surface area contributed by atoms with E-state index in [1.807, 2.05) is 36.4 Å². The number of anilines is 1. The number of fused-ring (bicyclic) bond motifs is 4. The lowest BCUT2D eigenvalue weighted by Crippen LogP contribution is -2.53. The summed E-state index contributed by atoms with van der Waals surface area (Å²) in [4.78, 5) is 70.9. The third kappa shape index (κ3) is 3.75. The summed E-state index contributed by atoms with van der Waals surface area (Å²) in [7, 11) is 1.11. The Labute approximate surface area is 257 Å². The molecular weight excluding hydrogens is 584 g/mol. The first-order chi connectivity index (χ1) is 21.2. The number of phenols is 1. The second-order valence-corrected chi connectivity index (χ2v) is 12.1. The topological polar surface area (TPSA) is 121 Å². The van der Waals surface area contributed by atoms with Gasteiger partial charge in [0, 0.05) is 10.9 Å². The lowest BCUT2D eigenvalue weighted by atomic mass is 9.49. The number of likely N-dealkylation sites (tertiary alicyclic amines) is 1. The molecule has 2 aliphatic carbocycles. The highest BCUT2D eigenvalue weighted by Crippen LogP contribution is 2.64. The van der Waals surface area contributed by atoms with Crippen molar-refractivity contribution in [2.24, 2.45) is 23.7 Å². The number of imide groups is 4. The van der Waals surface area contributed by atoms with Gasteiger partial charge >= 0.3 is 6.09 Å². The first-order valence-electron chi connectivity index (χ1n) is 14.3. The summed E-state index contributed by atoms with van der Waals surface area (Å²) in [6, 6.07) is 22.2. The quantitative estimate of drug-likeness (QED) is 0.328. The molecule has 6 atom stereocenters. The average molecular weight is 611 g/mol. The van der Waals surface area contributed by atoms with Crippen LogP contribution in [0.5, 0.6) is 5.75 Å².